The number of ether oxygens (including phenoxy) is 1. The Hall–Kier alpha value is -2.78. The van der Waals surface area contributed by atoms with Gasteiger partial charge in [0.2, 0.25) is 0 Å². The molecule has 0 spiro atoms. The van der Waals surface area contributed by atoms with Crippen LogP contribution in [0.5, 0.6) is 0 Å². The number of hydrogen-bond acceptors (Lipinski definition) is 8. The number of thiophene rings is 1. The average Bonchev–Trinajstić information content (AvgIpc) is 3.45. The van der Waals surface area contributed by atoms with Crippen molar-refractivity contribution in [3.63, 3.8) is 0 Å². The third-order valence-corrected chi connectivity index (χ3v) is 6.49. The van der Waals surface area contributed by atoms with Gasteiger partial charge in [0.25, 0.3) is 5.91 Å². The number of carbonyl (C=O) groups excluding carboxylic acids is 2. The fourth-order valence-corrected chi connectivity index (χ4v) is 4.70. The largest absolute Gasteiger partial charge is 0.462 e. The molecule has 4 rings (SSSR count). The molecule has 4 heterocycles. The van der Waals surface area contributed by atoms with E-state index in [0.29, 0.717) is 44.0 Å². The number of nitrogens with zero attached hydrogens (tertiary/aromatic N) is 4. The van der Waals surface area contributed by atoms with E-state index in [1.807, 2.05) is 33.9 Å². The Morgan fingerprint density at radius 2 is 1.97 bits per heavy atom. The van der Waals surface area contributed by atoms with E-state index >= 15 is 0 Å². The SMILES string of the molecule is CCOC(=O)c1ccc(N2CCN(C(=O)c3csc(-c4cccs4)n3)CC2)nc1. The summed E-state index contributed by atoms with van der Waals surface area (Å²) in [6.45, 7) is 4.68. The van der Waals surface area contributed by atoms with Gasteiger partial charge in [-0.05, 0) is 30.5 Å². The minimum Gasteiger partial charge on any atom is -0.462 e. The third-order valence-electron chi connectivity index (χ3n) is 4.61. The molecule has 1 aliphatic heterocycles. The highest BCUT2D eigenvalue weighted by atomic mass is 32.1. The number of rotatable bonds is 5. The highest BCUT2D eigenvalue weighted by molar-refractivity contribution is 7.20. The number of anilines is 1. The second-order valence-corrected chi connectivity index (χ2v) is 8.23. The summed E-state index contributed by atoms with van der Waals surface area (Å²) in [4.78, 5) is 38.4. The summed E-state index contributed by atoms with van der Waals surface area (Å²) in [5.74, 6) is 0.389. The summed E-state index contributed by atoms with van der Waals surface area (Å²) >= 11 is 3.12. The Kier molecular flexibility index (Phi) is 5.86. The number of carbonyl (C=O) groups is 2. The number of aromatic nitrogens is 2. The summed E-state index contributed by atoms with van der Waals surface area (Å²) in [7, 11) is 0. The van der Waals surface area contributed by atoms with Crippen molar-refractivity contribution in [3.05, 3.63) is 52.5 Å². The maximum atomic E-state index is 12.8. The first-order valence-corrected chi connectivity index (χ1v) is 11.1. The van der Waals surface area contributed by atoms with Gasteiger partial charge in [-0.1, -0.05) is 6.07 Å². The highest BCUT2D eigenvalue weighted by Crippen LogP contribution is 2.28. The van der Waals surface area contributed by atoms with Crippen LogP contribution in [0.2, 0.25) is 0 Å². The van der Waals surface area contributed by atoms with E-state index in [4.69, 9.17) is 4.74 Å². The first kappa shape index (κ1) is 19.5. The molecule has 0 N–H and O–H groups in total. The minimum absolute atomic E-state index is 0.0330. The zero-order valence-corrected chi connectivity index (χ0v) is 17.5. The molecule has 1 amide bonds. The zero-order chi connectivity index (χ0) is 20.2. The highest BCUT2D eigenvalue weighted by Gasteiger charge is 2.25. The van der Waals surface area contributed by atoms with Crippen LogP contribution in [0.15, 0.2) is 41.2 Å². The number of thiazole rings is 1. The molecule has 1 aliphatic rings. The van der Waals surface area contributed by atoms with Crippen LogP contribution in [0.4, 0.5) is 5.82 Å². The maximum Gasteiger partial charge on any atom is 0.339 e. The smallest absolute Gasteiger partial charge is 0.339 e. The average molecular weight is 429 g/mol. The van der Waals surface area contributed by atoms with Crippen LogP contribution >= 0.6 is 22.7 Å². The lowest BCUT2D eigenvalue weighted by atomic mass is 10.2. The van der Waals surface area contributed by atoms with E-state index in [-0.39, 0.29) is 11.9 Å². The molecule has 3 aromatic rings. The van der Waals surface area contributed by atoms with E-state index in [9.17, 15) is 9.59 Å². The Labute approximate surface area is 176 Å². The summed E-state index contributed by atoms with van der Waals surface area (Å²) < 4.78 is 4.98. The van der Waals surface area contributed by atoms with Gasteiger partial charge in [-0.15, -0.1) is 22.7 Å². The van der Waals surface area contributed by atoms with Gasteiger partial charge in [0, 0.05) is 37.8 Å². The van der Waals surface area contributed by atoms with Gasteiger partial charge >= 0.3 is 5.97 Å². The van der Waals surface area contributed by atoms with Crippen molar-refractivity contribution in [1.29, 1.82) is 0 Å². The molecule has 9 heteroatoms. The van der Waals surface area contributed by atoms with Crippen molar-refractivity contribution in [2.45, 2.75) is 6.92 Å². The van der Waals surface area contributed by atoms with Gasteiger partial charge < -0.3 is 14.5 Å². The van der Waals surface area contributed by atoms with E-state index in [2.05, 4.69) is 14.9 Å². The molecule has 0 atom stereocenters. The van der Waals surface area contributed by atoms with Gasteiger partial charge in [-0.2, -0.15) is 0 Å². The van der Waals surface area contributed by atoms with Gasteiger partial charge in [0.15, 0.2) is 0 Å². The van der Waals surface area contributed by atoms with Crippen molar-refractivity contribution >= 4 is 40.4 Å². The van der Waals surface area contributed by atoms with Crippen molar-refractivity contribution in [2.75, 3.05) is 37.7 Å². The van der Waals surface area contributed by atoms with Crippen molar-refractivity contribution in [3.8, 4) is 9.88 Å². The molecule has 0 radical (unpaired) electrons. The van der Waals surface area contributed by atoms with Crippen LogP contribution in [-0.2, 0) is 4.74 Å². The molecular formula is C20H20N4O3S2. The number of hydrogen-bond donors (Lipinski definition) is 0. The molecule has 0 bridgehead atoms. The monoisotopic (exact) mass is 428 g/mol. The van der Waals surface area contributed by atoms with E-state index in [1.165, 1.54) is 17.5 Å². The standard InChI is InChI=1S/C20H20N4O3S2/c1-2-27-20(26)14-5-6-17(21-12-14)23-7-9-24(10-8-23)19(25)15-13-29-18(22-15)16-4-3-11-28-16/h3-6,11-13H,2,7-10H2,1H3. The fourth-order valence-electron chi connectivity index (χ4n) is 3.09. The lowest BCUT2D eigenvalue weighted by molar-refractivity contribution is 0.0525. The van der Waals surface area contributed by atoms with Gasteiger partial charge in [-0.25, -0.2) is 14.8 Å². The number of piperazine rings is 1. The lowest BCUT2D eigenvalue weighted by Gasteiger charge is -2.35. The quantitative estimate of drug-likeness (QED) is 0.580. The minimum atomic E-state index is -0.368. The molecule has 0 unspecified atom stereocenters. The first-order valence-electron chi connectivity index (χ1n) is 9.32. The second kappa shape index (κ2) is 8.71. The van der Waals surface area contributed by atoms with Crippen LogP contribution < -0.4 is 4.90 Å². The molecule has 29 heavy (non-hydrogen) atoms. The molecule has 3 aromatic heterocycles. The summed E-state index contributed by atoms with van der Waals surface area (Å²) in [5, 5.41) is 4.72. The normalized spacial score (nSPS) is 14.1. The van der Waals surface area contributed by atoms with E-state index < -0.39 is 0 Å². The Balaban J connectivity index is 1.35. The van der Waals surface area contributed by atoms with Crippen molar-refractivity contribution in [2.24, 2.45) is 0 Å². The maximum absolute atomic E-state index is 12.8. The number of amides is 1. The van der Waals surface area contributed by atoms with E-state index in [1.54, 1.807) is 24.3 Å². The van der Waals surface area contributed by atoms with Crippen molar-refractivity contribution < 1.29 is 14.3 Å². The van der Waals surface area contributed by atoms with Gasteiger partial charge in [0.05, 0.1) is 17.0 Å². The second-order valence-electron chi connectivity index (χ2n) is 6.42. The molecule has 0 saturated carbocycles. The number of esters is 1. The first-order chi connectivity index (χ1) is 14.2. The summed E-state index contributed by atoms with van der Waals surface area (Å²) in [6, 6.07) is 7.53. The van der Waals surface area contributed by atoms with Crippen molar-refractivity contribution in [1.82, 2.24) is 14.9 Å². The van der Waals surface area contributed by atoms with E-state index in [0.717, 1.165) is 15.7 Å². The van der Waals surface area contributed by atoms with Gasteiger partial charge in [0.1, 0.15) is 16.5 Å². The predicted octanol–water partition coefficient (Wildman–Crippen LogP) is 3.41. The molecule has 1 saturated heterocycles. The molecule has 1 fully saturated rings. The van der Waals surface area contributed by atoms with Crippen LogP contribution in [-0.4, -0.2) is 59.5 Å². The summed E-state index contributed by atoms with van der Waals surface area (Å²) in [5.41, 5.74) is 0.943. The molecule has 7 nitrogen and oxygen atoms in total. The van der Waals surface area contributed by atoms with Crippen LogP contribution in [0.25, 0.3) is 9.88 Å². The Morgan fingerprint density at radius 3 is 2.62 bits per heavy atom. The Bertz CT molecular complexity index is 978. The lowest BCUT2D eigenvalue weighted by Crippen LogP contribution is -2.49. The van der Waals surface area contributed by atoms with Crippen LogP contribution in [0, 0.1) is 0 Å². The molecule has 0 aliphatic carbocycles. The topological polar surface area (TPSA) is 75.6 Å². The Morgan fingerprint density at radius 1 is 1.14 bits per heavy atom. The zero-order valence-electron chi connectivity index (χ0n) is 15.9. The predicted molar refractivity (Wildman–Crippen MR) is 114 cm³/mol. The van der Waals surface area contributed by atoms with Crippen LogP contribution in [0.1, 0.15) is 27.8 Å². The summed E-state index contributed by atoms with van der Waals surface area (Å²) in [6.07, 6.45) is 1.53. The molecule has 0 aromatic carbocycles. The molecule has 150 valence electrons. The molecular weight excluding hydrogens is 408 g/mol. The van der Waals surface area contributed by atoms with Crippen LogP contribution in [0.3, 0.4) is 0 Å². The van der Waals surface area contributed by atoms with Gasteiger partial charge in [-0.3, -0.25) is 4.79 Å². The number of pyridine rings is 1. The fraction of sp³-hybridized carbons (Fsp3) is 0.300. The third kappa shape index (κ3) is 4.30.